The molecule has 1 aromatic rings. The van der Waals surface area contributed by atoms with Crippen molar-refractivity contribution < 1.29 is 24.2 Å². The van der Waals surface area contributed by atoms with E-state index >= 15 is 0 Å². The molecule has 40 heavy (non-hydrogen) atoms. The summed E-state index contributed by atoms with van der Waals surface area (Å²) < 4.78 is 6.65. The number of ether oxygens (including phenoxy) is 1. The average molecular weight is 552 g/mol. The molecule has 3 heterocycles. The molecule has 6 atom stereocenters. The maximum atomic E-state index is 14.6. The molecule has 1 aromatic carbocycles. The molecule has 218 valence electrons. The van der Waals surface area contributed by atoms with E-state index in [-0.39, 0.29) is 24.3 Å². The van der Waals surface area contributed by atoms with Crippen molar-refractivity contribution in [2.24, 2.45) is 11.8 Å². The van der Waals surface area contributed by atoms with Gasteiger partial charge in [0.15, 0.2) is 0 Å². The molecule has 1 spiro atoms. The summed E-state index contributed by atoms with van der Waals surface area (Å²) in [5.41, 5.74) is -0.719. The molecule has 3 saturated heterocycles. The summed E-state index contributed by atoms with van der Waals surface area (Å²) in [4.78, 5) is 48.1. The molecule has 3 aliphatic rings. The molecule has 0 aromatic heterocycles. The Hall–Kier alpha value is -2.97. The van der Waals surface area contributed by atoms with E-state index < -0.39 is 41.2 Å². The Kier molecular flexibility index (Phi) is 8.90. The number of hydrogen-bond donors (Lipinski definition) is 1. The van der Waals surface area contributed by atoms with Crippen LogP contribution in [0, 0.1) is 11.8 Å². The maximum Gasteiger partial charge on any atom is 0.249 e. The molecular formula is C32H45N3O5. The molecule has 0 saturated carbocycles. The Morgan fingerprint density at radius 3 is 2.42 bits per heavy atom. The molecule has 2 unspecified atom stereocenters. The highest BCUT2D eigenvalue weighted by atomic mass is 16.5. The van der Waals surface area contributed by atoms with Crippen molar-refractivity contribution in [3.8, 4) is 0 Å². The highest BCUT2D eigenvalue weighted by Crippen LogP contribution is 2.59. The van der Waals surface area contributed by atoms with Gasteiger partial charge in [-0.2, -0.15) is 0 Å². The summed E-state index contributed by atoms with van der Waals surface area (Å²) in [6.07, 6.45) is 5.23. The van der Waals surface area contributed by atoms with Gasteiger partial charge in [-0.1, -0.05) is 49.4 Å². The number of carbonyl (C=O) groups is 3. The van der Waals surface area contributed by atoms with Crippen molar-refractivity contribution >= 4 is 17.7 Å². The first-order valence-corrected chi connectivity index (χ1v) is 14.5. The fourth-order valence-corrected chi connectivity index (χ4v) is 7.08. The quantitative estimate of drug-likeness (QED) is 0.403. The normalized spacial score (nSPS) is 27.8. The second kappa shape index (κ2) is 11.9. The van der Waals surface area contributed by atoms with Gasteiger partial charge in [-0.15, -0.1) is 13.2 Å². The molecular weight excluding hydrogens is 506 g/mol. The molecule has 1 N–H and O–H groups in total. The van der Waals surface area contributed by atoms with Crippen LogP contribution >= 0.6 is 0 Å². The zero-order valence-electron chi connectivity index (χ0n) is 24.4. The lowest BCUT2D eigenvalue weighted by molar-refractivity contribution is -0.154. The standard InChI is InChI=1S/C32H45N3O5/c1-7-17-33(18-8-2)28(37)25-24-15-16-32(40-24)26(25)29(38)35(23(21-36)20-22-13-11-10-12-14-22)27(32)30(39)34(19-9-3)31(4,5)6/h7,9-14,23-27,36H,1,3,8,15-21H2,2,4-6H3/t23-,24-,25+,26+,27?,32?/m1/s1. The van der Waals surface area contributed by atoms with E-state index in [0.29, 0.717) is 38.9 Å². The minimum atomic E-state index is -1.12. The first kappa shape index (κ1) is 30.0. The van der Waals surface area contributed by atoms with Crippen molar-refractivity contribution in [3.05, 3.63) is 61.2 Å². The van der Waals surface area contributed by atoms with Crippen LogP contribution in [0.1, 0.15) is 52.5 Å². The van der Waals surface area contributed by atoms with Gasteiger partial charge in [-0.3, -0.25) is 14.4 Å². The monoisotopic (exact) mass is 551 g/mol. The number of fused-ring (bicyclic) bond motifs is 1. The zero-order valence-corrected chi connectivity index (χ0v) is 24.4. The number of rotatable bonds is 12. The fourth-order valence-electron chi connectivity index (χ4n) is 7.08. The summed E-state index contributed by atoms with van der Waals surface area (Å²) in [5, 5.41) is 10.6. The Balaban J connectivity index is 1.81. The van der Waals surface area contributed by atoms with E-state index in [9.17, 15) is 19.5 Å². The van der Waals surface area contributed by atoms with Gasteiger partial charge in [0.1, 0.15) is 11.6 Å². The third-order valence-corrected chi connectivity index (χ3v) is 8.72. The molecule has 8 nitrogen and oxygen atoms in total. The lowest BCUT2D eigenvalue weighted by Gasteiger charge is -2.43. The molecule has 0 aliphatic carbocycles. The lowest BCUT2D eigenvalue weighted by atomic mass is 9.70. The van der Waals surface area contributed by atoms with Crippen LogP contribution in [0.5, 0.6) is 0 Å². The van der Waals surface area contributed by atoms with Crippen LogP contribution in [0.4, 0.5) is 0 Å². The first-order chi connectivity index (χ1) is 19.0. The van der Waals surface area contributed by atoms with Crippen LogP contribution in [0.2, 0.25) is 0 Å². The van der Waals surface area contributed by atoms with E-state index in [4.69, 9.17) is 4.74 Å². The average Bonchev–Trinajstić information content (AvgIpc) is 3.57. The number of aliphatic hydroxyl groups is 1. The predicted octanol–water partition coefficient (Wildman–Crippen LogP) is 3.20. The zero-order chi connectivity index (χ0) is 29.2. The summed E-state index contributed by atoms with van der Waals surface area (Å²) in [6, 6.07) is 8.05. The molecule has 3 fully saturated rings. The number of amides is 3. The highest BCUT2D eigenvalue weighted by Gasteiger charge is 2.75. The van der Waals surface area contributed by atoms with Gasteiger partial charge < -0.3 is 24.5 Å². The Morgan fingerprint density at radius 2 is 1.85 bits per heavy atom. The summed E-state index contributed by atoms with van der Waals surface area (Å²) in [6.45, 7) is 16.5. The van der Waals surface area contributed by atoms with Crippen LogP contribution in [0.3, 0.4) is 0 Å². The van der Waals surface area contributed by atoms with Crippen LogP contribution in [-0.4, -0.2) is 93.1 Å². The second-order valence-electron chi connectivity index (χ2n) is 12.3. The van der Waals surface area contributed by atoms with Crippen LogP contribution < -0.4 is 0 Å². The molecule has 3 aliphatic heterocycles. The van der Waals surface area contributed by atoms with Crippen LogP contribution in [0.25, 0.3) is 0 Å². The SMILES string of the molecule is C=CCN(CCC)C(=O)[C@@H]1[C@H]2C(=O)N([C@@H](CO)Cc3ccccc3)C(C(=O)N(CC=C)C(C)(C)C)C23CC[C@H]1O3. The molecule has 2 bridgehead atoms. The van der Waals surface area contributed by atoms with Crippen molar-refractivity contribution in [1.29, 1.82) is 0 Å². The first-order valence-electron chi connectivity index (χ1n) is 14.5. The smallest absolute Gasteiger partial charge is 0.249 e. The second-order valence-corrected chi connectivity index (χ2v) is 12.3. The number of benzene rings is 1. The van der Waals surface area contributed by atoms with E-state index in [2.05, 4.69) is 13.2 Å². The van der Waals surface area contributed by atoms with Crippen molar-refractivity contribution in [3.63, 3.8) is 0 Å². The molecule has 8 heteroatoms. The Bertz CT molecular complexity index is 1120. The van der Waals surface area contributed by atoms with Gasteiger partial charge in [0, 0.05) is 25.2 Å². The minimum absolute atomic E-state index is 0.123. The van der Waals surface area contributed by atoms with Crippen LogP contribution in [-0.2, 0) is 25.5 Å². The Morgan fingerprint density at radius 1 is 1.18 bits per heavy atom. The summed E-state index contributed by atoms with van der Waals surface area (Å²) in [5.74, 6) is -2.10. The topological polar surface area (TPSA) is 90.4 Å². The van der Waals surface area contributed by atoms with E-state index in [1.165, 1.54) is 0 Å². The molecule has 4 rings (SSSR count). The van der Waals surface area contributed by atoms with Gasteiger partial charge >= 0.3 is 0 Å². The van der Waals surface area contributed by atoms with E-state index in [0.717, 1.165) is 12.0 Å². The van der Waals surface area contributed by atoms with Gasteiger partial charge in [0.2, 0.25) is 17.7 Å². The maximum absolute atomic E-state index is 14.6. The van der Waals surface area contributed by atoms with Crippen molar-refractivity contribution in [1.82, 2.24) is 14.7 Å². The predicted molar refractivity (Wildman–Crippen MR) is 154 cm³/mol. The number of nitrogens with zero attached hydrogens (tertiary/aromatic N) is 3. The van der Waals surface area contributed by atoms with Gasteiger partial charge in [0.05, 0.1) is 30.6 Å². The van der Waals surface area contributed by atoms with Crippen LogP contribution in [0.15, 0.2) is 55.6 Å². The summed E-state index contributed by atoms with van der Waals surface area (Å²) in [7, 11) is 0. The minimum Gasteiger partial charge on any atom is -0.394 e. The van der Waals surface area contributed by atoms with Crippen molar-refractivity contribution in [2.45, 2.75) is 82.7 Å². The van der Waals surface area contributed by atoms with Gasteiger partial charge in [-0.05, 0) is 52.0 Å². The number of likely N-dealkylation sites (tertiary alicyclic amines) is 1. The fraction of sp³-hybridized carbons (Fsp3) is 0.594. The highest BCUT2D eigenvalue weighted by molar-refractivity contribution is 5.99. The lowest BCUT2D eigenvalue weighted by Crippen LogP contribution is -2.62. The molecule has 0 radical (unpaired) electrons. The van der Waals surface area contributed by atoms with E-state index in [1.54, 1.807) is 26.9 Å². The van der Waals surface area contributed by atoms with Crippen molar-refractivity contribution in [2.75, 3.05) is 26.2 Å². The van der Waals surface area contributed by atoms with E-state index in [1.807, 2.05) is 58.0 Å². The number of carbonyl (C=O) groups excluding carboxylic acids is 3. The Labute approximate surface area is 238 Å². The largest absolute Gasteiger partial charge is 0.394 e. The van der Waals surface area contributed by atoms with Gasteiger partial charge in [-0.25, -0.2) is 0 Å². The third kappa shape index (κ3) is 5.12. The van der Waals surface area contributed by atoms with Gasteiger partial charge in [0.25, 0.3) is 0 Å². The third-order valence-electron chi connectivity index (χ3n) is 8.72. The summed E-state index contributed by atoms with van der Waals surface area (Å²) >= 11 is 0. The molecule has 3 amide bonds. The number of hydrogen-bond acceptors (Lipinski definition) is 5. The number of aliphatic hydroxyl groups excluding tert-OH is 1.